The second-order valence-corrected chi connectivity index (χ2v) is 5.26. The van der Waals surface area contributed by atoms with E-state index in [9.17, 15) is 4.79 Å². The monoisotopic (exact) mass is 253 g/mol. The predicted octanol–water partition coefficient (Wildman–Crippen LogP) is 2.10. The van der Waals surface area contributed by atoms with Gasteiger partial charge in [-0.15, -0.1) is 0 Å². The minimum Gasteiger partial charge on any atom is -0.461 e. The van der Waals surface area contributed by atoms with Gasteiger partial charge in [-0.3, -0.25) is 4.90 Å². The van der Waals surface area contributed by atoms with E-state index < -0.39 is 0 Å². The van der Waals surface area contributed by atoms with Gasteiger partial charge in [0.05, 0.1) is 6.61 Å². The third kappa shape index (κ3) is 2.93. The van der Waals surface area contributed by atoms with Crippen molar-refractivity contribution in [2.75, 3.05) is 26.3 Å². The molecule has 0 aromatic rings. The highest BCUT2D eigenvalue weighted by atomic mass is 16.5. The molecule has 0 amide bonds. The molecule has 0 aromatic carbocycles. The molecule has 4 heteroatoms. The van der Waals surface area contributed by atoms with Gasteiger partial charge in [0.25, 0.3) is 0 Å². The van der Waals surface area contributed by atoms with Crippen molar-refractivity contribution < 1.29 is 14.3 Å². The predicted molar refractivity (Wildman–Crippen MR) is 69.1 cm³/mol. The molecule has 1 saturated heterocycles. The average molecular weight is 253 g/mol. The Morgan fingerprint density at radius 3 is 2.78 bits per heavy atom. The van der Waals surface area contributed by atoms with Crippen molar-refractivity contribution in [1.29, 1.82) is 0 Å². The van der Waals surface area contributed by atoms with Gasteiger partial charge in [0.2, 0.25) is 0 Å². The molecular formula is C14H23NO3. The summed E-state index contributed by atoms with van der Waals surface area (Å²) in [6.07, 6.45) is 6.01. The van der Waals surface area contributed by atoms with Gasteiger partial charge < -0.3 is 9.47 Å². The van der Waals surface area contributed by atoms with Gasteiger partial charge in [-0.2, -0.15) is 0 Å². The maximum atomic E-state index is 11.3. The van der Waals surface area contributed by atoms with E-state index in [0.717, 1.165) is 32.5 Å². The molecule has 2 rings (SSSR count). The molecule has 0 atom stereocenters. The minimum atomic E-state index is -0.298. The fourth-order valence-electron chi connectivity index (χ4n) is 2.89. The van der Waals surface area contributed by atoms with Crippen LogP contribution in [0.25, 0.3) is 0 Å². The summed E-state index contributed by atoms with van der Waals surface area (Å²) in [5, 5.41) is 0. The van der Waals surface area contributed by atoms with Gasteiger partial charge in [0.15, 0.2) is 0 Å². The van der Waals surface area contributed by atoms with Gasteiger partial charge in [0, 0.05) is 18.7 Å². The quantitative estimate of drug-likeness (QED) is 0.568. The Morgan fingerprint density at radius 1 is 1.39 bits per heavy atom. The lowest BCUT2D eigenvalue weighted by atomic mass is 9.91. The van der Waals surface area contributed by atoms with E-state index in [0.29, 0.717) is 12.2 Å². The Morgan fingerprint density at radius 2 is 2.11 bits per heavy atom. The van der Waals surface area contributed by atoms with Crippen LogP contribution in [0.3, 0.4) is 0 Å². The van der Waals surface area contributed by atoms with Crippen molar-refractivity contribution in [3.05, 3.63) is 12.2 Å². The zero-order valence-electron chi connectivity index (χ0n) is 11.2. The number of hydrogen-bond acceptors (Lipinski definition) is 4. The molecule has 0 bridgehead atoms. The van der Waals surface area contributed by atoms with Gasteiger partial charge in [-0.25, -0.2) is 4.79 Å². The van der Waals surface area contributed by atoms with Gasteiger partial charge in [0.1, 0.15) is 12.3 Å². The highest BCUT2D eigenvalue weighted by Gasteiger charge is 2.42. The minimum absolute atomic E-state index is 0.0616. The van der Waals surface area contributed by atoms with E-state index in [1.807, 2.05) is 0 Å². The summed E-state index contributed by atoms with van der Waals surface area (Å²) in [7, 11) is 0. The first-order valence-corrected chi connectivity index (χ1v) is 6.86. The van der Waals surface area contributed by atoms with Crippen molar-refractivity contribution in [3.8, 4) is 0 Å². The van der Waals surface area contributed by atoms with Crippen LogP contribution in [0.2, 0.25) is 0 Å². The van der Waals surface area contributed by atoms with Crippen molar-refractivity contribution in [3.63, 3.8) is 0 Å². The molecule has 1 heterocycles. The highest BCUT2D eigenvalue weighted by Crippen LogP contribution is 2.37. The molecule has 18 heavy (non-hydrogen) atoms. The molecule has 1 aliphatic heterocycles. The van der Waals surface area contributed by atoms with Crippen molar-refractivity contribution in [2.45, 2.75) is 44.8 Å². The number of nitrogens with zero attached hydrogens (tertiary/aromatic N) is 1. The number of esters is 1. The second kappa shape index (κ2) is 5.85. The third-order valence-electron chi connectivity index (χ3n) is 3.89. The molecule has 4 nitrogen and oxygen atoms in total. The maximum Gasteiger partial charge on any atom is 0.333 e. The maximum absolute atomic E-state index is 11.3. The molecule has 2 aliphatic rings. The zero-order chi connectivity index (χ0) is 13.0. The molecule has 0 unspecified atom stereocenters. The Kier molecular flexibility index (Phi) is 4.40. The van der Waals surface area contributed by atoms with Crippen LogP contribution in [0.1, 0.15) is 39.0 Å². The largest absolute Gasteiger partial charge is 0.461 e. The fourth-order valence-corrected chi connectivity index (χ4v) is 2.89. The van der Waals surface area contributed by atoms with E-state index in [4.69, 9.17) is 9.47 Å². The molecule has 0 radical (unpaired) electrons. The van der Waals surface area contributed by atoms with Crippen LogP contribution in [0, 0.1) is 0 Å². The number of carbonyl (C=O) groups excluding carboxylic acids is 1. The van der Waals surface area contributed by atoms with Crippen LogP contribution in [-0.4, -0.2) is 42.9 Å². The number of hydrogen-bond donors (Lipinski definition) is 0. The number of ether oxygens (including phenoxy) is 2. The lowest BCUT2D eigenvalue weighted by Gasteiger charge is -2.39. The number of rotatable bonds is 4. The summed E-state index contributed by atoms with van der Waals surface area (Å²) in [5.74, 6) is -0.298. The van der Waals surface area contributed by atoms with Crippen LogP contribution in [-0.2, 0) is 14.3 Å². The standard InChI is InChI=1S/C14H23NO3/c1-12(2)13(16)17-10-8-15-9-11-18-14(15)6-4-3-5-7-14/h1,3-11H2,2H3. The first kappa shape index (κ1) is 13.6. The summed E-state index contributed by atoms with van der Waals surface area (Å²) >= 11 is 0. The lowest BCUT2D eigenvalue weighted by Crippen LogP contribution is -2.47. The van der Waals surface area contributed by atoms with Crippen LogP contribution < -0.4 is 0 Å². The van der Waals surface area contributed by atoms with E-state index in [2.05, 4.69) is 11.5 Å². The molecule has 1 aliphatic carbocycles. The summed E-state index contributed by atoms with van der Waals surface area (Å²) in [6.45, 7) is 8.19. The summed E-state index contributed by atoms with van der Waals surface area (Å²) in [5.41, 5.74) is 0.397. The molecule has 1 spiro atoms. The summed E-state index contributed by atoms with van der Waals surface area (Å²) in [4.78, 5) is 13.7. The Hall–Kier alpha value is -0.870. The first-order chi connectivity index (χ1) is 8.64. The van der Waals surface area contributed by atoms with Crippen LogP contribution in [0.4, 0.5) is 0 Å². The Balaban J connectivity index is 1.81. The van der Waals surface area contributed by atoms with E-state index >= 15 is 0 Å². The summed E-state index contributed by atoms with van der Waals surface area (Å²) in [6, 6.07) is 0. The Bertz CT molecular complexity index is 321. The summed E-state index contributed by atoms with van der Waals surface area (Å²) < 4.78 is 11.1. The fraction of sp³-hybridized carbons (Fsp3) is 0.786. The zero-order valence-corrected chi connectivity index (χ0v) is 11.2. The van der Waals surface area contributed by atoms with Crippen molar-refractivity contribution >= 4 is 5.97 Å². The topological polar surface area (TPSA) is 38.8 Å². The third-order valence-corrected chi connectivity index (χ3v) is 3.89. The van der Waals surface area contributed by atoms with Crippen molar-refractivity contribution in [2.24, 2.45) is 0 Å². The van der Waals surface area contributed by atoms with Crippen LogP contribution in [0.5, 0.6) is 0 Å². The first-order valence-electron chi connectivity index (χ1n) is 6.86. The van der Waals surface area contributed by atoms with Gasteiger partial charge >= 0.3 is 5.97 Å². The van der Waals surface area contributed by atoms with Crippen LogP contribution >= 0.6 is 0 Å². The SMILES string of the molecule is C=C(C)C(=O)OCCN1CCOC12CCCCC2. The van der Waals surface area contributed by atoms with Gasteiger partial charge in [-0.05, 0) is 32.6 Å². The lowest BCUT2D eigenvalue weighted by molar-refractivity contribution is -0.143. The average Bonchev–Trinajstić information content (AvgIpc) is 2.73. The molecule has 2 fully saturated rings. The molecule has 102 valence electrons. The second-order valence-electron chi connectivity index (χ2n) is 5.26. The molecule has 1 saturated carbocycles. The van der Waals surface area contributed by atoms with E-state index in [-0.39, 0.29) is 11.7 Å². The van der Waals surface area contributed by atoms with Crippen LogP contribution in [0.15, 0.2) is 12.2 Å². The molecular weight excluding hydrogens is 230 g/mol. The van der Waals surface area contributed by atoms with E-state index in [1.165, 1.54) is 19.3 Å². The Labute approximate surface area is 109 Å². The van der Waals surface area contributed by atoms with Crippen molar-refractivity contribution in [1.82, 2.24) is 4.90 Å². The molecule has 0 N–H and O–H groups in total. The highest BCUT2D eigenvalue weighted by molar-refractivity contribution is 5.86. The normalized spacial score (nSPS) is 23.2. The molecule has 0 aromatic heterocycles. The van der Waals surface area contributed by atoms with E-state index in [1.54, 1.807) is 6.92 Å². The van der Waals surface area contributed by atoms with Gasteiger partial charge in [-0.1, -0.05) is 13.0 Å². The smallest absolute Gasteiger partial charge is 0.333 e. The number of carbonyl (C=O) groups is 1.